The highest BCUT2D eigenvalue weighted by Gasteiger charge is 2.33. The van der Waals surface area contributed by atoms with E-state index < -0.39 is 12.0 Å². The number of hydrogen-bond donors (Lipinski definition) is 1. The highest BCUT2D eigenvalue weighted by molar-refractivity contribution is 6.03. The fraction of sp³-hybridized carbons (Fsp3) is 0.375. The van der Waals surface area contributed by atoms with Gasteiger partial charge in [0.15, 0.2) is 11.5 Å². The molecule has 9 nitrogen and oxygen atoms in total. The molecule has 0 aromatic heterocycles. The van der Waals surface area contributed by atoms with Gasteiger partial charge in [0, 0.05) is 30.9 Å². The SMILES string of the molecule is COc1cc(OC)cc([C@@H]2CC(c3ccc(OC)c(OC)c3)=NN2C(=O)CCCC(=O)O)c1. The lowest BCUT2D eigenvalue weighted by Crippen LogP contribution is -2.27. The number of carbonyl (C=O) groups excluding carboxylic acids is 1. The Labute approximate surface area is 192 Å². The molecule has 9 heteroatoms. The second kappa shape index (κ2) is 10.7. The topological polar surface area (TPSA) is 107 Å². The summed E-state index contributed by atoms with van der Waals surface area (Å²) in [6.45, 7) is 0. The number of carboxylic acids is 1. The molecule has 2 aromatic rings. The fourth-order valence-corrected chi connectivity index (χ4v) is 3.72. The zero-order valence-corrected chi connectivity index (χ0v) is 19.2. The van der Waals surface area contributed by atoms with Crippen LogP contribution in [-0.2, 0) is 9.59 Å². The van der Waals surface area contributed by atoms with E-state index in [9.17, 15) is 9.59 Å². The van der Waals surface area contributed by atoms with E-state index in [4.69, 9.17) is 24.1 Å². The first-order valence-electron chi connectivity index (χ1n) is 10.5. The smallest absolute Gasteiger partial charge is 0.303 e. The van der Waals surface area contributed by atoms with Crippen LogP contribution < -0.4 is 18.9 Å². The van der Waals surface area contributed by atoms with Gasteiger partial charge in [0.2, 0.25) is 5.91 Å². The van der Waals surface area contributed by atoms with Crippen molar-refractivity contribution in [1.29, 1.82) is 0 Å². The molecule has 0 saturated heterocycles. The molecule has 1 aliphatic heterocycles. The molecule has 0 saturated carbocycles. The summed E-state index contributed by atoms with van der Waals surface area (Å²) in [5, 5.41) is 15.0. The van der Waals surface area contributed by atoms with Crippen molar-refractivity contribution in [3.63, 3.8) is 0 Å². The average molecular weight is 456 g/mol. The van der Waals surface area contributed by atoms with Crippen LogP contribution in [0.3, 0.4) is 0 Å². The Morgan fingerprint density at radius 3 is 2.18 bits per heavy atom. The Bertz CT molecular complexity index is 1030. The number of hydrazone groups is 1. The Morgan fingerprint density at radius 1 is 0.939 bits per heavy atom. The molecule has 0 spiro atoms. The van der Waals surface area contributed by atoms with Gasteiger partial charge in [0.05, 0.1) is 40.2 Å². The van der Waals surface area contributed by atoms with Crippen LogP contribution in [0.15, 0.2) is 41.5 Å². The quantitative estimate of drug-likeness (QED) is 0.581. The lowest BCUT2D eigenvalue weighted by atomic mass is 9.97. The Morgan fingerprint density at radius 2 is 1.61 bits per heavy atom. The largest absolute Gasteiger partial charge is 0.497 e. The van der Waals surface area contributed by atoms with Crippen LogP contribution in [-0.4, -0.2) is 56.1 Å². The minimum Gasteiger partial charge on any atom is -0.497 e. The maximum Gasteiger partial charge on any atom is 0.303 e. The van der Waals surface area contributed by atoms with Crippen LogP contribution in [0.5, 0.6) is 23.0 Å². The summed E-state index contributed by atoms with van der Waals surface area (Å²) in [5.74, 6) is 1.16. The zero-order valence-electron chi connectivity index (χ0n) is 19.2. The second-order valence-corrected chi connectivity index (χ2v) is 7.47. The lowest BCUT2D eigenvalue weighted by Gasteiger charge is -2.23. The molecule has 1 N–H and O–H groups in total. The highest BCUT2D eigenvalue weighted by atomic mass is 16.5. The van der Waals surface area contributed by atoms with Crippen LogP contribution in [0.4, 0.5) is 0 Å². The Balaban J connectivity index is 1.97. The monoisotopic (exact) mass is 456 g/mol. The van der Waals surface area contributed by atoms with Crippen LogP contribution >= 0.6 is 0 Å². The summed E-state index contributed by atoms with van der Waals surface area (Å²) < 4.78 is 21.5. The molecule has 0 bridgehead atoms. The summed E-state index contributed by atoms with van der Waals surface area (Å²) in [6, 6.07) is 10.5. The van der Waals surface area contributed by atoms with Gasteiger partial charge in [0.1, 0.15) is 11.5 Å². The van der Waals surface area contributed by atoms with Crippen molar-refractivity contribution in [2.45, 2.75) is 31.7 Å². The Kier molecular flexibility index (Phi) is 7.76. The molecular weight excluding hydrogens is 428 g/mol. The van der Waals surface area contributed by atoms with Crippen LogP contribution in [0, 0.1) is 0 Å². The molecule has 1 atom stereocenters. The van der Waals surface area contributed by atoms with Crippen molar-refractivity contribution in [3.8, 4) is 23.0 Å². The molecule has 2 aromatic carbocycles. The molecule has 1 heterocycles. The zero-order chi connectivity index (χ0) is 24.0. The van der Waals surface area contributed by atoms with Gasteiger partial charge in [-0.15, -0.1) is 0 Å². The van der Waals surface area contributed by atoms with E-state index in [1.54, 1.807) is 40.6 Å². The van der Waals surface area contributed by atoms with E-state index in [2.05, 4.69) is 5.10 Å². The second-order valence-electron chi connectivity index (χ2n) is 7.47. The van der Waals surface area contributed by atoms with Gasteiger partial charge in [-0.3, -0.25) is 9.59 Å². The summed E-state index contributed by atoms with van der Waals surface area (Å²) in [5.41, 5.74) is 2.31. The minimum atomic E-state index is -0.937. The lowest BCUT2D eigenvalue weighted by molar-refractivity contribution is -0.137. The van der Waals surface area contributed by atoms with E-state index in [0.717, 1.165) is 11.1 Å². The van der Waals surface area contributed by atoms with Crippen molar-refractivity contribution in [2.75, 3.05) is 28.4 Å². The van der Waals surface area contributed by atoms with E-state index in [0.29, 0.717) is 35.1 Å². The first-order valence-corrected chi connectivity index (χ1v) is 10.5. The molecule has 1 amide bonds. The fourth-order valence-electron chi connectivity index (χ4n) is 3.72. The van der Waals surface area contributed by atoms with Crippen LogP contribution in [0.2, 0.25) is 0 Å². The number of carbonyl (C=O) groups is 2. The molecule has 176 valence electrons. The number of aliphatic carboxylic acids is 1. The molecule has 3 rings (SSSR count). The van der Waals surface area contributed by atoms with E-state index >= 15 is 0 Å². The van der Waals surface area contributed by atoms with Gasteiger partial charge in [-0.05, 0) is 42.3 Å². The molecule has 1 aliphatic rings. The number of nitrogens with zero attached hydrogens (tertiary/aromatic N) is 2. The molecular formula is C24H28N2O7. The molecule has 0 fully saturated rings. The van der Waals surface area contributed by atoms with E-state index in [1.165, 1.54) is 5.01 Å². The Hall–Kier alpha value is -3.75. The predicted octanol–water partition coefficient (Wildman–Crippen LogP) is 3.65. The number of rotatable bonds is 10. The van der Waals surface area contributed by atoms with Crippen molar-refractivity contribution in [3.05, 3.63) is 47.5 Å². The third kappa shape index (κ3) is 5.54. The summed E-state index contributed by atoms with van der Waals surface area (Å²) >= 11 is 0. The van der Waals surface area contributed by atoms with Gasteiger partial charge in [0.25, 0.3) is 0 Å². The van der Waals surface area contributed by atoms with Gasteiger partial charge in [-0.2, -0.15) is 5.10 Å². The maximum atomic E-state index is 13.0. The number of benzene rings is 2. The predicted molar refractivity (Wildman–Crippen MR) is 121 cm³/mol. The first-order chi connectivity index (χ1) is 15.9. The normalized spacial score (nSPS) is 15.1. The van der Waals surface area contributed by atoms with Crippen molar-refractivity contribution >= 4 is 17.6 Å². The maximum absolute atomic E-state index is 13.0. The third-order valence-electron chi connectivity index (χ3n) is 5.42. The summed E-state index contributed by atoms with van der Waals surface area (Å²) in [4.78, 5) is 23.9. The standard InChI is InChI=1S/C24H28N2O7/c1-30-17-10-16(11-18(13-17)31-2)20-14-19(15-8-9-21(32-3)22(12-15)33-4)25-26(20)23(27)6-5-7-24(28)29/h8-13,20H,5-7,14H2,1-4H3,(H,28,29)/t20-/m0/s1. The molecule has 0 unspecified atom stereocenters. The average Bonchev–Trinajstić information content (AvgIpc) is 3.28. The van der Waals surface area contributed by atoms with E-state index in [1.807, 2.05) is 24.3 Å². The van der Waals surface area contributed by atoms with E-state index in [-0.39, 0.29) is 25.2 Å². The van der Waals surface area contributed by atoms with Crippen molar-refractivity contribution in [1.82, 2.24) is 5.01 Å². The third-order valence-corrected chi connectivity index (χ3v) is 5.42. The molecule has 0 radical (unpaired) electrons. The number of hydrogen-bond acceptors (Lipinski definition) is 7. The molecule has 33 heavy (non-hydrogen) atoms. The van der Waals surface area contributed by atoms with Gasteiger partial charge < -0.3 is 24.1 Å². The van der Waals surface area contributed by atoms with Gasteiger partial charge in [-0.1, -0.05) is 0 Å². The number of carboxylic acid groups (broad SMARTS) is 1. The number of ether oxygens (including phenoxy) is 4. The summed E-state index contributed by atoms with van der Waals surface area (Å²) in [7, 11) is 6.25. The highest BCUT2D eigenvalue weighted by Crippen LogP contribution is 2.38. The first kappa shape index (κ1) is 23.9. The van der Waals surface area contributed by atoms with Crippen LogP contribution in [0.1, 0.15) is 42.9 Å². The number of amides is 1. The van der Waals surface area contributed by atoms with Crippen LogP contribution in [0.25, 0.3) is 0 Å². The van der Waals surface area contributed by atoms with Crippen molar-refractivity contribution < 1.29 is 33.6 Å². The van der Waals surface area contributed by atoms with Gasteiger partial charge in [-0.25, -0.2) is 5.01 Å². The van der Waals surface area contributed by atoms with Gasteiger partial charge >= 0.3 is 5.97 Å². The minimum absolute atomic E-state index is 0.0760. The molecule has 0 aliphatic carbocycles. The number of methoxy groups -OCH3 is 4. The summed E-state index contributed by atoms with van der Waals surface area (Å²) in [6.07, 6.45) is 0.687. The van der Waals surface area contributed by atoms with Crippen molar-refractivity contribution in [2.24, 2.45) is 5.10 Å².